The van der Waals surface area contributed by atoms with Crippen molar-refractivity contribution in [3.8, 4) is 16.9 Å². The zero-order valence-electron chi connectivity index (χ0n) is 12.4. The molecule has 118 valence electrons. The Morgan fingerprint density at radius 2 is 1.70 bits per heavy atom. The van der Waals surface area contributed by atoms with E-state index in [1.54, 1.807) is 48.5 Å². The van der Waals surface area contributed by atoms with Gasteiger partial charge in [0, 0.05) is 16.5 Å². The molecule has 0 fully saturated rings. The van der Waals surface area contributed by atoms with E-state index in [4.69, 9.17) is 4.74 Å². The summed E-state index contributed by atoms with van der Waals surface area (Å²) in [4.78, 5) is 2.85. The molecule has 1 aromatic heterocycles. The normalized spacial score (nSPS) is 11.7. The summed E-state index contributed by atoms with van der Waals surface area (Å²) in [5.74, 6) is 0.643. The van der Waals surface area contributed by atoms with Crippen LogP contribution in [0.3, 0.4) is 0 Å². The van der Waals surface area contributed by atoms with Crippen molar-refractivity contribution in [3.05, 3.63) is 60.8 Å². The van der Waals surface area contributed by atoms with Gasteiger partial charge in [0.05, 0.1) is 18.4 Å². The Hall–Kier alpha value is -2.69. The van der Waals surface area contributed by atoms with Gasteiger partial charge in [-0.25, -0.2) is 0 Å². The van der Waals surface area contributed by atoms with E-state index in [0.29, 0.717) is 22.4 Å². The fourth-order valence-electron chi connectivity index (χ4n) is 2.57. The number of nitrogens with one attached hydrogen (secondary N) is 1. The van der Waals surface area contributed by atoms with Gasteiger partial charge in [0.1, 0.15) is 5.75 Å². The van der Waals surface area contributed by atoms with Gasteiger partial charge in [-0.05, 0) is 23.8 Å². The Kier molecular flexibility index (Phi) is 3.64. The number of methoxy groups -OCH3 is 1. The molecule has 0 saturated carbocycles. The molecule has 0 atom stereocenters. The molecular weight excluding hydrogens is 303 g/mol. The monoisotopic (exact) mass is 317 g/mol. The molecule has 0 saturated heterocycles. The third kappa shape index (κ3) is 2.70. The lowest BCUT2D eigenvalue weighted by Crippen LogP contribution is -2.10. The number of alkyl halides is 3. The number of rotatable bonds is 3. The lowest BCUT2D eigenvalue weighted by atomic mass is 9.98. The predicted molar refractivity (Wildman–Crippen MR) is 85.4 cm³/mol. The number of halogens is 3. The molecule has 0 aliphatic carbocycles. The standard InChI is InChI=1S/C18H14F3NO/c1-11(18(19,20)21)17-16(12-7-9-13(23-2)10-8-12)14-5-3-4-6-15(14)22-17/h3-10,22H,1H2,2H3. The van der Waals surface area contributed by atoms with Gasteiger partial charge in [-0.15, -0.1) is 0 Å². The molecule has 0 aliphatic heterocycles. The van der Waals surface area contributed by atoms with E-state index in [1.807, 2.05) is 0 Å². The fraction of sp³-hybridized carbons (Fsp3) is 0.111. The SMILES string of the molecule is C=C(c1[nH]c2ccccc2c1-c1ccc(OC)cc1)C(F)(F)F. The molecule has 0 unspecified atom stereocenters. The highest BCUT2D eigenvalue weighted by atomic mass is 19.4. The van der Waals surface area contributed by atoms with Crippen LogP contribution in [0.25, 0.3) is 27.6 Å². The first-order chi connectivity index (χ1) is 10.9. The van der Waals surface area contributed by atoms with Crippen LogP contribution in [0.4, 0.5) is 13.2 Å². The summed E-state index contributed by atoms with van der Waals surface area (Å²) in [5, 5.41) is 0.720. The molecule has 0 aliphatic rings. The second kappa shape index (κ2) is 5.50. The summed E-state index contributed by atoms with van der Waals surface area (Å²) < 4.78 is 44.5. The highest BCUT2D eigenvalue weighted by Crippen LogP contribution is 2.41. The molecular formula is C18H14F3NO. The van der Waals surface area contributed by atoms with Gasteiger partial charge in [0.2, 0.25) is 0 Å². The summed E-state index contributed by atoms with van der Waals surface area (Å²) in [6, 6.07) is 14.0. The van der Waals surface area contributed by atoms with E-state index in [1.165, 1.54) is 7.11 Å². The van der Waals surface area contributed by atoms with Crippen molar-refractivity contribution in [2.75, 3.05) is 7.11 Å². The molecule has 2 nitrogen and oxygen atoms in total. The van der Waals surface area contributed by atoms with E-state index >= 15 is 0 Å². The largest absolute Gasteiger partial charge is 0.497 e. The van der Waals surface area contributed by atoms with Crippen molar-refractivity contribution >= 4 is 16.5 Å². The second-order valence-corrected chi connectivity index (χ2v) is 5.13. The van der Waals surface area contributed by atoms with Gasteiger partial charge < -0.3 is 9.72 Å². The molecule has 2 aromatic carbocycles. The molecule has 0 radical (unpaired) electrons. The number of H-pyrrole nitrogens is 1. The van der Waals surface area contributed by atoms with Crippen LogP contribution in [0.1, 0.15) is 5.69 Å². The number of fused-ring (bicyclic) bond motifs is 1. The van der Waals surface area contributed by atoms with Crippen LogP contribution in [0.5, 0.6) is 5.75 Å². The second-order valence-electron chi connectivity index (χ2n) is 5.13. The van der Waals surface area contributed by atoms with Crippen molar-refractivity contribution < 1.29 is 17.9 Å². The third-order valence-electron chi connectivity index (χ3n) is 3.73. The number of aromatic amines is 1. The first-order valence-electron chi connectivity index (χ1n) is 6.93. The summed E-state index contributed by atoms with van der Waals surface area (Å²) in [6.45, 7) is 3.23. The Balaban J connectivity index is 2.26. The van der Waals surface area contributed by atoms with Crippen LogP contribution in [0.15, 0.2) is 55.1 Å². The van der Waals surface area contributed by atoms with Gasteiger partial charge >= 0.3 is 6.18 Å². The van der Waals surface area contributed by atoms with Crippen molar-refractivity contribution in [3.63, 3.8) is 0 Å². The third-order valence-corrected chi connectivity index (χ3v) is 3.73. The molecule has 5 heteroatoms. The highest BCUT2D eigenvalue weighted by Gasteiger charge is 2.35. The minimum absolute atomic E-state index is 0.0103. The topological polar surface area (TPSA) is 25.0 Å². The van der Waals surface area contributed by atoms with E-state index in [-0.39, 0.29) is 5.69 Å². The van der Waals surface area contributed by atoms with Gasteiger partial charge in [0.25, 0.3) is 0 Å². The lowest BCUT2D eigenvalue weighted by molar-refractivity contribution is -0.0688. The number of allylic oxidation sites excluding steroid dienone is 1. The van der Waals surface area contributed by atoms with Gasteiger partial charge in [-0.1, -0.05) is 36.9 Å². The highest BCUT2D eigenvalue weighted by molar-refractivity contribution is 6.02. The molecule has 0 spiro atoms. The Bertz CT molecular complexity index is 860. The van der Waals surface area contributed by atoms with E-state index in [9.17, 15) is 13.2 Å². The van der Waals surface area contributed by atoms with Crippen molar-refractivity contribution in [1.29, 1.82) is 0 Å². The maximum absolute atomic E-state index is 13.1. The first-order valence-corrected chi connectivity index (χ1v) is 6.93. The quantitative estimate of drug-likeness (QED) is 0.685. The van der Waals surface area contributed by atoms with Crippen LogP contribution >= 0.6 is 0 Å². The number of aromatic nitrogens is 1. The van der Waals surface area contributed by atoms with E-state index < -0.39 is 11.7 Å². The number of para-hydroxylation sites is 1. The zero-order valence-corrected chi connectivity index (χ0v) is 12.4. The van der Waals surface area contributed by atoms with Crippen LogP contribution in [0.2, 0.25) is 0 Å². The molecule has 1 N–H and O–H groups in total. The number of benzene rings is 2. The van der Waals surface area contributed by atoms with Gasteiger partial charge in [-0.3, -0.25) is 0 Å². The first kappa shape index (κ1) is 15.2. The van der Waals surface area contributed by atoms with Crippen molar-refractivity contribution in [2.45, 2.75) is 6.18 Å². The van der Waals surface area contributed by atoms with Crippen LogP contribution in [-0.4, -0.2) is 18.3 Å². The van der Waals surface area contributed by atoms with Gasteiger partial charge in [-0.2, -0.15) is 13.2 Å². The Morgan fingerprint density at radius 3 is 2.30 bits per heavy atom. The molecule has 0 amide bonds. The minimum atomic E-state index is -4.50. The molecule has 3 aromatic rings. The average molecular weight is 317 g/mol. The van der Waals surface area contributed by atoms with Crippen LogP contribution < -0.4 is 4.74 Å². The average Bonchev–Trinajstić information content (AvgIpc) is 2.92. The minimum Gasteiger partial charge on any atom is -0.497 e. The molecule has 3 rings (SSSR count). The molecule has 0 bridgehead atoms. The number of ether oxygens (including phenoxy) is 1. The van der Waals surface area contributed by atoms with E-state index in [0.717, 1.165) is 5.39 Å². The van der Waals surface area contributed by atoms with Gasteiger partial charge in [0.15, 0.2) is 0 Å². The number of hydrogen-bond donors (Lipinski definition) is 1. The summed E-state index contributed by atoms with van der Waals surface area (Å²) in [6.07, 6.45) is -4.50. The Morgan fingerprint density at radius 1 is 1.04 bits per heavy atom. The Labute approximate surface area is 131 Å². The lowest BCUT2D eigenvalue weighted by Gasteiger charge is -2.12. The predicted octanol–water partition coefficient (Wildman–Crippen LogP) is 5.42. The smallest absolute Gasteiger partial charge is 0.417 e. The van der Waals surface area contributed by atoms with E-state index in [2.05, 4.69) is 11.6 Å². The summed E-state index contributed by atoms with van der Waals surface area (Å²) in [5.41, 5.74) is 0.899. The molecule has 23 heavy (non-hydrogen) atoms. The maximum Gasteiger partial charge on any atom is 0.417 e. The molecule has 1 heterocycles. The van der Waals surface area contributed by atoms with Crippen molar-refractivity contribution in [2.24, 2.45) is 0 Å². The summed E-state index contributed by atoms with van der Waals surface area (Å²) in [7, 11) is 1.54. The maximum atomic E-state index is 13.1. The van der Waals surface area contributed by atoms with Crippen LogP contribution in [0, 0.1) is 0 Å². The van der Waals surface area contributed by atoms with Crippen molar-refractivity contribution in [1.82, 2.24) is 4.98 Å². The number of hydrogen-bond acceptors (Lipinski definition) is 1. The zero-order chi connectivity index (χ0) is 16.6. The fourth-order valence-corrected chi connectivity index (χ4v) is 2.57. The van der Waals surface area contributed by atoms with Crippen LogP contribution in [-0.2, 0) is 0 Å². The summed E-state index contributed by atoms with van der Waals surface area (Å²) >= 11 is 0.